The Bertz CT molecular complexity index is 783. The molecule has 1 fully saturated rings. The second kappa shape index (κ2) is 8.70. The van der Waals surface area contributed by atoms with E-state index in [1.165, 1.54) is 0 Å². The lowest BCUT2D eigenvalue weighted by molar-refractivity contribution is -0.117. The molecule has 0 aliphatic carbocycles. The van der Waals surface area contributed by atoms with Crippen LogP contribution in [0.5, 0.6) is 0 Å². The van der Waals surface area contributed by atoms with E-state index in [9.17, 15) is 4.79 Å². The lowest BCUT2D eigenvalue weighted by atomic mass is 10.2. The van der Waals surface area contributed by atoms with Crippen molar-refractivity contribution in [1.29, 1.82) is 0 Å². The highest BCUT2D eigenvalue weighted by atomic mass is 16.2. The summed E-state index contributed by atoms with van der Waals surface area (Å²) in [4.78, 5) is 22.9. The molecule has 0 radical (unpaired) electrons. The normalized spacial score (nSPS) is 17.6. The molecule has 1 atom stereocenters. The maximum atomic E-state index is 12.4. The van der Waals surface area contributed by atoms with Crippen molar-refractivity contribution >= 4 is 17.6 Å². The highest BCUT2D eigenvalue weighted by Crippen LogP contribution is 2.20. The lowest BCUT2D eigenvalue weighted by Gasteiger charge is -2.19. The predicted octanol–water partition coefficient (Wildman–Crippen LogP) is 2.01. The Hall–Kier alpha value is -2.83. The van der Waals surface area contributed by atoms with Gasteiger partial charge in [0.2, 0.25) is 5.91 Å². The predicted molar refractivity (Wildman–Crippen MR) is 108 cm³/mol. The summed E-state index contributed by atoms with van der Waals surface area (Å²) in [5.74, 6) is 2.34. The first-order valence-corrected chi connectivity index (χ1v) is 9.39. The molecule has 1 aromatic heterocycles. The molecule has 1 saturated heterocycles. The van der Waals surface area contributed by atoms with Crippen molar-refractivity contribution in [3.8, 4) is 0 Å². The molecule has 7 heteroatoms. The topological polar surface area (TPSA) is 74.5 Å². The van der Waals surface area contributed by atoms with Crippen LogP contribution in [0.25, 0.3) is 0 Å². The van der Waals surface area contributed by atoms with Crippen LogP contribution >= 0.6 is 0 Å². The number of benzene rings is 1. The zero-order chi connectivity index (χ0) is 19.2. The van der Waals surface area contributed by atoms with E-state index in [2.05, 4.69) is 39.0 Å². The van der Waals surface area contributed by atoms with E-state index in [0.29, 0.717) is 31.4 Å². The number of carbonyl (C=O) groups excluding carboxylic acids is 1. The highest BCUT2D eigenvalue weighted by Gasteiger charge is 2.31. The summed E-state index contributed by atoms with van der Waals surface area (Å²) in [5.41, 5.74) is 0.936. The fraction of sp³-hybridized carbons (Fsp3) is 0.450. The molecule has 2 heterocycles. The van der Waals surface area contributed by atoms with Gasteiger partial charge in [0.15, 0.2) is 5.96 Å². The second-order valence-electron chi connectivity index (χ2n) is 7.20. The van der Waals surface area contributed by atoms with Crippen LogP contribution < -0.4 is 15.5 Å². The minimum atomic E-state index is 0.0271. The van der Waals surface area contributed by atoms with E-state index in [1.807, 2.05) is 47.6 Å². The maximum Gasteiger partial charge on any atom is 0.229 e. The average molecular weight is 368 g/mol. The van der Waals surface area contributed by atoms with Crippen molar-refractivity contribution in [2.45, 2.75) is 39.4 Å². The number of nitrogens with zero attached hydrogens (tertiary/aromatic N) is 4. The Kier molecular flexibility index (Phi) is 6.11. The molecule has 0 bridgehead atoms. The van der Waals surface area contributed by atoms with Crippen LogP contribution in [0.3, 0.4) is 0 Å². The van der Waals surface area contributed by atoms with Crippen LogP contribution in [0.15, 0.2) is 47.7 Å². The number of anilines is 1. The van der Waals surface area contributed by atoms with Crippen molar-refractivity contribution in [3.05, 3.63) is 48.5 Å². The molecule has 1 aromatic carbocycles. The molecule has 0 saturated carbocycles. The third kappa shape index (κ3) is 4.87. The van der Waals surface area contributed by atoms with E-state index >= 15 is 0 Å². The van der Waals surface area contributed by atoms with Crippen molar-refractivity contribution < 1.29 is 4.79 Å². The van der Waals surface area contributed by atoms with Gasteiger partial charge in [0.05, 0.1) is 12.6 Å². The van der Waals surface area contributed by atoms with E-state index in [0.717, 1.165) is 18.1 Å². The molecule has 2 aromatic rings. The number of aliphatic imine (C=N–C) groups is 1. The number of carbonyl (C=O) groups is 1. The van der Waals surface area contributed by atoms with Gasteiger partial charge in [0.25, 0.3) is 0 Å². The van der Waals surface area contributed by atoms with Gasteiger partial charge in [0.1, 0.15) is 5.82 Å². The molecule has 7 nitrogen and oxygen atoms in total. The number of hydrogen-bond donors (Lipinski definition) is 2. The molecule has 1 aliphatic rings. The second-order valence-corrected chi connectivity index (χ2v) is 7.20. The van der Waals surface area contributed by atoms with Crippen LogP contribution in [-0.4, -0.2) is 41.1 Å². The minimum Gasteiger partial charge on any atom is -0.351 e. The largest absolute Gasteiger partial charge is 0.351 e. The summed E-state index contributed by atoms with van der Waals surface area (Å²) in [5, 5.41) is 6.67. The number of hydrogen-bond acceptors (Lipinski definition) is 3. The fourth-order valence-corrected chi connectivity index (χ4v) is 3.28. The van der Waals surface area contributed by atoms with Gasteiger partial charge in [-0.3, -0.25) is 9.79 Å². The number of amides is 1. The summed E-state index contributed by atoms with van der Waals surface area (Å²) in [6.45, 7) is 6.53. The van der Waals surface area contributed by atoms with E-state index in [4.69, 9.17) is 0 Å². The van der Waals surface area contributed by atoms with Gasteiger partial charge in [-0.15, -0.1) is 0 Å². The number of aromatic nitrogens is 2. The summed E-state index contributed by atoms with van der Waals surface area (Å²) in [6, 6.07) is 9.80. The number of rotatable bonds is 6. The zero-order valence-electron chi connectivity index (χ0n) is 16.2. The fourth-order valence-electron chi connectivity index (χ4n) is 3.28. The summed E-state index contributed by atoms with van der Waals surface area (Å²) in [7, 11) is 1.74. The molecule has 1 aliphatic heterocycles. The van der Waals surface area contributed by atoms with E-state index in [1.54, 1.807) is 7.05 Å². The van der Waals surface area contributed by atoms with Crippen molar-refractivity contribution in [2.75, 3.05) is 18.5 Å². The molecule has 0 spiro atoms. The molecule has 144 valence electrons. The van der Waals surface area contributed by atoms with Gasteiger partial charge in [-0.1, -0.05) is 32.0 Å². The van der Waals surface area contributed by atoms with Crippen molar-refractivity contribution in [2.24, 2.45) is 10.9 Å². The highest BCUT2D eigenvalue weighted by molar-refractivity contribution is 5.97. The maximum absolute atomic E-state index is 12.4. The first kappa shape index (κ1) is 18.9. The summed E-state index contributed by atoms with van der Waals surface area (Å²) in [6.07, 6.45) is 4.28. The Morgan fingerprint density at radius 1 is 1.33 bits per heavy atom. The van der Waals surface area contributed by atoms with Gasteiger partial charge >= 0.3 is 0 Å². The zero-order valence-corrected chi connectivity index (χ0v) is 16.2. The summed E-state index contributed by atoms with van der Waals surface area (Å²) >= 11 is 0. The number of imidazole rings is 1. The molecular weight excluding hydrogens is 340 g/mol. The molecule has 1 amide bonds. The quantitative estimate of drug-likeness (QED) is 0.604. The summed E-state index contributed by atoms with van der Waals surface area (Å²) < 4.78 is 2.15. The number of nitrogens with one attached hydrogen (secondary N) is 2. The Labute approximate surface area is 160 Å². The van der Waals surface area contributed by atoms with Crippen LogP contribution in [0, 0.1) is 5.92 Å². The van der Waals surface area contributed by atoms with Crippen molar-refractivity contribution in [3.63, 3.8) is 0 Å². The smallest absolute Gasteiger partial charge is 0.229 e. The molecule has 3 rings (SSSR count). The Morgan fingerprint density at radius 3 is 2.81 bits per heavy atom. The lowest BCUT2D eigenvalue weighted by Crippen LogP contribution is -2.44. The van der Waals surface area contributed by atoms with E-state index < -0.39 is 0 Å². The number of guanidine groups is 1. The van der Waals surface area contributed by atoms with Gasteiger partial charge in [-0.2, -0.15) is 0 Å². The monoisotopic (exact) mass is 368 g/mol. The van der Waals surface area contributed by atoms with Crippen LogP contribution in [0.4, 0.5) is 5.69 Å². The third-order valence-corrected chi connectivity index (χ3v) is 4.53. The first-order valence-electron chi connectivity index (χ1n) is 9.39. The standard InChI is InChI=1S/C20H28N6O/c1-15(2)13-25-10-9-22-18(25)12-23-20(21-3)24-16-11-19(27)26(14-16)17-7-5-4-6-8-17/h4-10,15-16H,11-14H2,1-3H3,(H2,21,23,24). The van der Waals surface area contributed by atoms with Crippen LogP contribution in [0.2, 0.25) is 0 Å². The minimum absolute atomic E-state index is 0.0271. The van der Waals surface area contributed by atoms with Gasteiger partial charge < -0.3 is 20.1 Å². The van der Waals surface area contributed by atoms with Crippen LogP contribution in [0.1, 0.15) is 26.1 Å². The van der Waals surface area contributed by atoms with Gasteiger partial charge in [-0.05, 0) is 18.1 Å². The molecular formula is C20H28N6O. The van der Waals surface area contributed by atoms with Gasteiger partial charge in [-0.25, -0.2) is 4.98 Å². The van der Waals surface area contributed by atoms with Crippen LogP contribution in [-0.2, 0) is 17.9 Å². The first-order chi connectivity index (χ1) is 13.1. The van der Waals surface area contributed by atoms with Gasteiger partial charge in [0, 0.05) is 44.6 Å². The van der Waals surface area contributed by atoms with Crippen molar-refractivity contribution in [1.82, 2.24) is 20.2 Å². The molecule has 2 N–H and O–H groups in total. The van der Waals surface area contributed by atoms with E-state index in [-0.39, 0.29) is 11.9 Å². The molecule has 27 heavy (non-hydrogen) atoms. The SMILES string of the molecule is CN=C(NCc1nccn1CC(C)C)NC1CC(=O)N(c2ccccc2)C1. The Morgan fingerprint density at radius 2 is 2.11 bits per heavy atom. The number of para-hydroxylation sites is 1. The molecule has 1 unspecified atom stereocenters. The third-order valence-electron chi connectivity index (χ3n) is 4.53. The Balaban J connectivity index is 1.55. The average Bonchev–Trinajstić information content (AvgIpc) is 3.25.